The van der Waals surface area contributed by atoms with Gasteiger partial charge in [-0.15, -0.1) is 0 Å². The van der Waals surface area contributed by atoms with Gasteiger partial charge in [0, 0.05) is 22.8 Å². The Labute approximate surface area is 159 Å². The van der Waals surface area contributed by atoms with Crippen LogP contribution in [0.2, 0.25) is 5.02 Å². The summed E-state index contributed by atoms with van der Waals surface area (Å²) in [7, 11) is 0. The smallest absolute Gasteiger partial charge is 0.118 e. The SMILES string of the molecule is Cc1cc(C(CC(c2ccccc2)c2ccc(Cl)cc2C)N=O)ccn1. The molecule has 0 saturated carbocycles. The van der Waals surface area contributed by atoms with Crippen LogP contribution in [0.5, 0.6) is 0 Å². The Hall–Kier alpha value is -2.52. The molecular weight excluding hydrogens is 344 g/mol. The first kappa shape index (κ1) is 18.3. The van der Waals surface area contributed by atoms with Gasteiger partial charge in [-0.25, -0.2) is 0 Å². The molecule has 2 unspecified atom stereocenters. The summed E-state index contributed by atoms with van der Waals surface area (Å²) in [6.07, 6.45) is 2.33. The lowest BCUT2D eigenvalue weighted by Crippen LogP contribution is -2.08. The fourth-order valence-corrected chi connectivity index (χ4v) is 3.62. The highest BCUT2D eigenvalue weighted by molar-refractivity contribution is 6.30. The molecule has 0 saturated heterocycles. The van der Waals surface area contributed by atoms with Crippen molar-refractivity contribution in [2.45, 2.75) is 32.2 Å². The van der Waals surface area contributed by atoms with Crippen molar-refractivity contribution in [2.24, 2.45) is 5.18 Å². The third-order valence-electron chi connectivity index (χ3n) is 4.70. The fraction of sp³-hybridized carbons (Fsp3) is 0.227. The number of hydrogen-bond acceptors (Lipinski definition) is 3. The minimum Gasteiger partial charge on any atom is -0.262 e. The van der Waals surface area contributed by atoms with Gasteiger partial charge < -0.3 is 0 Å². The standard InChI is InChI=1S/C22H21ClN2O/c1-15-12-19(23)8-9-20(15)21(17-6-4-3-5-7-17)14-22(25-26)18-10-11-24-16(2)13-18/h3-13,21-22H,14H2,1-2H3. The molecule has 0 N–H and O–H groups in total. The fourth-order valence-electron chi connectivity index (χ4n) is 3.40. The molecule has 132 valence electrons. The molecule has 0 radical (unpaired) electrons. The van der Waals surface area contributed by atoms with Crippen LogP contribution in [-0.2, 0) is 0 Å². The molecule has 0 aliphatic carbocycles. The summed E-state index contributed by atoms with van der Waals surface area (Å²) in [4.78, 5) is 15.9. The number of nitrogens with zero attached hydrogens (tertiary/aromatic N) is 2. The zero-order valence-corrected chi connectivity index (χ0v) is 15.6. The van der Waals surface area contributed by atoms with E-state index in [1.165, 1.54) is 5.56 Å². The predicted molar refractivity (Wildman–Crippen MR) is 107 cm³/mol. The maximum absolute atomic E-state index is 11.7. The molecular formula is C22H21ClN2O. The lowest BCUT2D eigenvalue weighted by molar-refractivity contribution is 0.591. The summed E-state index contributed by atoms with van der Waals surface area (Å²) >= 11 is 6.14. The Balaban J connectivity index is 2.02. The number of aryl methyl sites for hydroxylation is 2. The zero-order chi connectivity index (χ0) is 18.5. The van der Waals surface area contributed by atoms with E-state index in [2.05, 4.69) is 35.3 Å². The Morgan fingerprint density at radius 2 is 1.77 bits per heavy atom. The van der Waals surface area contributed by atoms with Gasteiger partial charge in [0.15, 0.2) is 0 Å². The molecule has 3 rings (SSSR count). The second-order valence-electron chi connectivity index (χ2n) is 6.55. The first-order valence-electron chi connectivity index (χ1n) is 8.64. The van der Waals surface area contributed by atoms with Crippen LogP contribution < -0.4 is 0 Å². The number of nitroso groups, excluding NO2 is 1. The van der Waals surface area contributed by atoms with Gasteiger partial charge in [-0.05, 0) is 66.8 Å². The monoisotopic (exact) mass is 364 g/mol. The van der Waals surface area contributed by atoms with Crippen molar-refractivity contribution in [3.05, 3.63) is 105 Å². The Morgan fingerprint density at radius 1 is 1.00 bits per heavy atom. The van der Waals surface area contributed by atoms with Crippen LogP contribution in [0.4, 0.5) is 0 Å². The second-order valence-corrected chi connectivity index (χ2v) is 6.99. The van der Waals surface area contributed by atoms with E-state index >= 15 is 0 Å². The van der Waals surface area contributed by atoms with Crippen LogP contribution in [0, 0.1) is 18.8 Å². The lowest BCUT2D eigenvalue weighted by atomic mass is 9.82. The van der Waals surface area contributed by atoms with Gasteiger partial charge >= 0.3 is 0 Å². The van der Waals surface area contributed by atoms with E-state index in [9.17, 15) is 4.91 Å². The van der Waals surface area contributed by atoms with Gasteiger partial charge in [0.05, 0.1) is 0 Å². The zero-order valence-electron chi connectivity index (χ0n) is 14.9. The van der Waals surface area contributed by atoms with Gasteiger partial charge in [-0.1, -0.05) is 53.2 Å². The van der Waals surface area contributed by atoms with E-state index in [4.69, 9.17) is 11.6 Å². The molecule has 0 aliphatic heterocycles. The molecule has 1 heterocycles. The van der Waals surface area contributed by atoms with E-state index in [0.29, 0.717) is 11.4 Å². The van der Waals surface area contributed by atoms with Gasteiger partial charge in [0.2, 0.25) is 0 Å². The summed E-state index contributed by atoms with van der Waals surface area (Å²) in [6.45, 7) is 3.97. The van der Waals surface area contributed by atoms with E-state index in [0.717, 1.165) is 22.4 Å². The van der Waals surface area contributed by atoms with Crippen LogP contribution in [0.15, 0.2) is 72.0 Å². The van der Waals surface area contributed by atoms with Crippen LogP contribution in [0.1, 0.15) is 46.3 Å². The largest absolute Gasteiger partial charge is 0.262 e. The molecule has 26 heavy (non-hydrogen) atoms. The van der Waals surface area contributed by atoms with Crippen LogP contribution in [0.3, 0.4) is 0 Å². The van der Waals surface area contributed by atoms with Crippen LogP contribution >= 0.6 is 11.6 Å². The number of aromatic nitrogens is 1. The Bertz CT molecular complexity index is 896. The number of halogens is 1. The van der Waals surface area contributed by atoms with E-state index < -0.39 is 6.04 Å². The van der Waals surface area contributed by atoms with Crippen molar-refractivity contribution >= 4 is 11.6 Å². The molecule has 0 bridgehead atoms. The molecule has 2 aromatic carbocycles. The summed E-state index contributed by atoms with van der Waals surface area (Å²) in [5, 5.41) is 4.15. The molecule has 0 spiro atoms. The van der Waals surface area contributed by atoms with Crippen molar-refractivity contribution in [1.29, 1.82) is 0 Å². The number of hydrogen-bond donors (Lipinski definition) is 0. The highest BCUT2D eigenvalue weighted by Crippen LogP contribution is 2.37. The van der Waals surface area contributed by atoms with E-state index in [1.807, 2.05) is 49.4 Å². The first-order valence-corrected chi connectivity index (χ1v) is 9.02. The van der Waals surface area contributed by atoms with E-state index in [-0.39, 0.29) is 5.92 Å². The van der Waals surface area contributed by atoms with Crippen LogP contribution in [0.25, 0.3) is 0 Å². The number of benzene rings is 2. The topological polar surface area (TPSA) is 42.3 Å². The minimum atomic E-state index is -0.433. The summed E-state index contributed by atoms with van der Waals surface area (Å²) in [6, 6.07) is 19.5. The Kier molecular flexibility index (Phi) is 5.79. The normalized spacial score (nSPS) is 13.2. The highest BCUT2D eigenvalue weighted by atomic mass is 35.5. The molecule has 0 aliphatic rings. The molecule has 1 aromatic heterocycles. The summed E-state index contributed by atoms with van der Waals surface area (Å²) < 4.78 is 0. The van der Waals surface area contributed by atoms with Crippen molar-refractivity contribution in [2.75, 3.05) is 0 Å². The lowest BCUT2D eigenvalue weighted by Gasteiger charge is -2.23. The molecule has 3 nitrogen and oxygen atoms in total. The Morgan fingerprint density at radius 3 is 2.42 bits per heavy atom. The van der Waals surface area contributed by atoms with E-state index in [1.54, 1.807) is 6.20 Å². The first-order chi connectivity index (χ1) is 12.6. The van der Waals surface area contributed by atoms with Crippen molar-refractivity contribution in [3.63, 3.8) is 0 Å². The molecule has 0 amide bonds. The third kappa shape index (κ3) is 4.17. The molecule has 2 atom stereocenters. The number of pyridine rings is 1. The molecule has 3 aromatic rings. The predicted octanol–water partition coefficient (Wildman–Crippen LogP) is 6.38. The molecule has 4 heteroatoms. The minimum absolute atomic E-state index is 0.0599. The quantitative estimate of drug-likeness (QED) is 0.476. The number of rotatable bonds is 6. The second kappa shape index (κ2) is 8.24. The average molecular weight is 365 g/mol. The average Bonchev–Trinajstić information content (AvgIpc) is 2.64. The summed E-state index contributed by atoms with van der Waals surface area (Å²) in [5.74, 6) is 0.0599. The highest BCUT2D eigenvalue weighted by Gasteiger charge is 2.23. The van der Waals surface area contributed by atoms with Crippen molar-refractivity contribution in [3.8, 4) is 0 Å². The van der Waals surface area contributed by atoms with Crippen LogP contribution in [-0.4, -0.2) is 4.98 Å². The third-order valence-corrected chi connectivity index (χ3v) is 4.94. The van der Waals surface area contributed by atoms with Crippen molar-refractivity contribution in [1.82, 2.24) is 4.98 Å². The van der Waals surface area contributed by atoms with Gasteiger partial charge in [-0.2, -0.15) is 4.91 Å². The van der Waals surface area contributed by atoms with Gasteiger partial charge in [0.25, 0.3) is 0 Å². The van der Waals surface area contributed by atoms with Crippen molar-refractivity contribution < 1.29 is 0 Å². The molecule has 0 fully saturated rings. The maximum Gasteiger partial charge on any atom is 0.118 e. The maximum atomic E-state index is 11.7. The van der Waals surface area contributed by atoms with Gasteiger partial charge in [-0.3, -0.25) is 4.98 Å². The van der Waals surface area contributed by atoms with Gasteiger partial charge in [0.1, 0.15) is 6.04 Å². The summed E-state index contributed by atoms with van der Waals surface area (Å²) in [5.41, 5.74) is 5.23.